The predicted octanol–water partition coefficient (Wildman–Crippen LogP) is 6.17. The van der Waals surface area contributed by atoms with Crippen molar-refractivity contribution in [3.8, 4) is 0 Å². The maximum absolute atomic E-state index is 13.9. The molecule has 0 saturated heterocycles. The summed E-state index contributed by atoms with van der Waals surface area (Å²) in [5.41, 5.74) is 0.382. The summed E-state index contributed by atoms with van der Waals surface area (Å²) in [6.07, 6.45) is 0. The van der Waals surface area contributed by atoms with E-state index in [1.165, 1.54) is 35.2 Å². The van der Waals surface area contributed by atoms with Crippen LogP contribution in [0.25, 0.3) is 0 Å². The third-order valence-corrected chi connectivity index (χ3v) is 8.24. The summed E-state index contributed by atoms with van der Waals surface area (Å²) in [6.45, 7) is 6.59. The van der Waals surface area contributed by atoms with E-state index in [2.05, 4.69) is 5.32 Å². The molecule has 11 heteroatoms. The van der Waals surface area contributed by atoms with E-state index in [1.807, 2.05) is 20.8 Å². The molecule has 0 aromatic heterocycles. The van der Waals surface area contributed by atoms with Crippen LogP contribution in [-0.4, -0.2) is 43.3 Å². The van der Waals surface area contributed by atoms with Crippen molar-refractivity contribution in [2.45, 2.75) is 50.7 Å². The maximum atomic E-state index is 13.9. The molecule has 39 heavy (non-hydrogen) atoms. The summed E-state index contributed by atoms with van der Waals surface area (Å²) < 4.78 is 28.5. The van der Waals surface area contributed by atoms with Gasteiger partial charge in [-0.25, -0.2) is 8.42 Å². The Kier molecular flexibility index (Phi) is 9.93. The largest absolute Gasteiger partial charge is 0.350 e. The van der Waals surface area contributed by atoms with Gasteiger partial charge in [0, 0.05) is 27.2 Å². The van der Waals surface area contributed by atoms with Crippen LogP contribution in [-0.2, 0) is 26.2 Å². The Balaban J connectivity index is 2.03. The summed E-state index contributed by atoms with van der Waals surface area (Å²) in [6, 6.07) is 17.8. The lowest BCUT2D eigenvalue weighted by atomic mass is 10.1. The van der Waals surface area contributed by atoms with Gasteiger partial charge in [-0.15, -0.1) is 0 Å². The fourth-order valence-electron chi connectivity index (χ4n) is 3.74. The lowest BCUT2D eigenvalue weighted by Gasteiger charge is -2.33. The second kappa shape index (κ2) is 12.6. The van der Waals surface area contributed by atoms with Crippen molar-refractivity contribution in [1.82, 2.24) is 10.2 Å². The minimum Gasteiger partial charge on any atom is -0.350 e. The van der Waals surface area contributed by atoms with Crippen molar-refractivity contribution in [3.05, 3.63) is 93.4 Å². The maximum Gasteiger partial charge on any atom is 0.264 e. The Bertz CT molecular complexity index is 1420. The molecule has 7 nitrogen and oxygen atoms in total. The number of benzene rings is 3. The summed E-state index contributed by atoms with van der Waals surface area (Å²) in [4.78, 5) is 28.3. The standard InChI is InChI=1S/C28H30Cl3N3O4S/c1-19(27(36)32-28(2,3)4)33(17-20-8-10-21(29)11-9-20)26(35)18-34(24-7-5-6-23(31)16-24)39(37,38)25-14-12-22(30)13-15-25/h5-16,19H,17-18H2,1-4H3,(H,32,36). The predicted molar refractivity (Wildman–Crippen MR) is 157 cm³/mol. The SMILES string of the molecule is CC(C(=O)NC(C)(C)C)N(Cc1ccc(Cl)cc1)C(=O)CN(c1cccc(Cl)c1)S(=O)(=O)c1ccc(Cl)cc1. The molecule has 0 aliphatic heterocycles. The molecule has 0 aliphatic carbocycles. The Morgan fingerprint density at radius 3 is 1.97 bits per heavy atom. The first-order valence-corrected chi connectivity index (χ1v) is 14.6. The second-order valence-corrected chi connectivity index (χ2v) is 13.2. The van der Waals surface area contributed by atoms with Crippen LogP contribution in [0.3, 0.4) is 0 Å². The summed E-state index contributed by atoms with van der Waals surface area (Å²) in [5, 5.41) is 4.08. The number of carbonyl (C=O) groups is 2. The van der Waals surface area contributed by atoms with E-state index < -0.39 is 34.1 Å². The van der Waals surface area contributed by atoms with Crippen molar-refractivity contribution in [3.63, 3.8) is 0 Å². The van der Waals surface area contributed by atoms with Gasteiger partial charge < -0.3 is 10.2 Å². The van der Waals surface area contributed by atoms with Crippen LogP contribution in [0.2, 0.25) is 15.1 Å². The van der Waals surface area contributed by atoms with Gasteiger partial charge in [-0.2, -0.15) is 0 Å². The minimum atomic E-state index is -4.22. The highest BCUT2D eigenvalue weighted by Crippen LogP contribution is 2.27. The van der Waals surface area contributed by atoms with Gasteiger partial charge in [-0.3, -0.25) is 13.9 Å². The third kappa shape index (κ3) is 8.35. The molecule has 0 fully saturated rings. The molecule has 0 saturated carbocycles. The van der Waals surface area contributed by atoms with Gasteiger partial charge in [0.15, 0.2) is 0 Å². The number of nitrogens with zero attached hydrogens (tertiary/aromatic N) is 2. The van der Waals surface area contributed by atoms with Crippen molar-refractivity contribution >= 4 is 62.3 Å². The molecule has 208 valence electrons. The Morgan fingerprint density at radius 1 is 0.872 bits per heavy atom. The molecule has 3 aromatic rings. The fourth-order valence-corrected chi connectivity index (χ4v) is 5.58. The number of amides is 2. The highest BCUT2D eigenvalue weighted by molar-refractivity contribution is 7.92. The molecule has 0 bridgehead atoms. The monoisotopic (exact) mass is 609 g/mol. The van der Waals surface area contributed by atoms with E-state index in [-0.39, 0.29) is 23.0 Å². The number of nitrogens with one attached hydrogen (secondary N) is 1. The van der Waals surface area contributed by atoms with Crippen LogP contribution >= 0.6 is 34.8 Å². The topological polar surface area (TPSA) is 86.8 Å². The van der Waals surface area contributed by atoms with Crippen LogP contribution < -0.4 is 9.62 Å². The van der Waals surface area contributed by atoms with E-state index in [0.717, 1.165) is 9.87 Å². The van der Waals surface area contributed by atoms with Gasteiger partial charge in [0.25, 0.3) is 10.0 Å². The number of sulfonamides is 1. The zero-order valence-electron chi connectivity index (χ0n) is 22.0. The van der Waals surface area contributed by atoms with Gasteiger partial charge in [0.1, 0.15) is 12.6 Å². The highest BCUT2D eigenvalue weighted by Gasteiger charge is 2.33. The number of halogens is 3. The molecule has 3 aromatic carbocycles. The first-order valence-electron chi connectivity index (χ1n) is 12.1. The Morgan fingerprint density at radius 2 is 1.44 bits per heavy atom. The molecule has 0 aliphatic rings. The quantitative estimate of drug-likeness (QED) is 0.314. The first-order chi connectivity index (χ1) is 18.2. The number of hydrogen-bond acceptors (Lipinski definition) is 4. The van der Waals surface area contributed by atoms with Crippen molar-refractivity contribution < 1.29 is 18.0 Å². The van der Waals surface area contributed by atoms with Crippen molar-refractivity contribution in [2.75, 3.05) is 10.8 Å². The second-order valence-electron chi connectivity index (χ2n) is 10.0. The van der Waals surface area contributed by atoms with Crippen molar-refractivity contribution in [1.29, 1.82) is 0 Å². The van der Waals surface area contributed by atoms with Crippen LogP contribution in [0.4, 0.5) is 5.69 Å². The first kappa shape index (κ1) is 30.8. The Hall–Kier alpha value is -2.78. The van der Waals surface area contributed by atoms with Crippen LogP contribution in [0.1, 0.15) is 33.3 Å². The lowest BCUT2D eigenvalue weighted by Crippen LogP contribution is -2.54. The summed E-state index contributed by atoms with van der Waals surface area (Å²) in [5.74, 6) is -0.960. The molecular weight excluding hydrogens is 581 g/mol. The molecule has 0 spiro atoms. The van der Waals surface area contributed by atoms with Crippen LogP contribution in [0, 0.1) is 0 Å². The molecular formula is C28H30Cl3N3O4S. The van der Waals surface area contributed by atoms with E-state index in [9.17, 15) is 18.0 Å². The highest BCUT2D eigenvalue weighted by atomic mass is 35.5. The average Bonchev–Trinajstić information content (AvgIpc) is 2.85. The molecule has 1 unspecified atom stereocenters. The van der Waals surface area contributed by atoms with Gasteiger partial charge in [-0.1, -0.05) is 53.0 Å². The molecule has 2 amide bonds. The minimum absolute atomic E-state index is 0.0533. The molecule has 1 N–H and O–H groups in total. The lowest BCUT2D eigenvalue weighted by molar-refractivity contribution is -0.140. The number of anilines is 1. The third-order valence-electron chi connectivity index (χ3n) is 5.71. The van der Waals surface area contributed by atoms with Gasteiger partial charge in [0.2, 0.25) is 11.8 Å². The van der Waals surface area contributed by atoms with Crippen LogP contribution in [0.15, 0.2) is 77.7 Å². The summed E-state index contributed by atoms with van der Waals surface area (Å²) in [7, 11) is -4.22. The van der Waals surface area contributed by atoms with Crippen molar-refractivity contribution in [2.24, 2.45) is 0 Å². The van der Waals surface area contributed by atoms with Gasteiger partial charge >= 0.3 is 0 Å². The van der Waals surface area contributed by atoms with Gasteiger partial charge in [-0.05, 0) is 87.9 Å². The number of carbonyl (C=O) groups excluding carboxylic acids is 2. The molecule has 1 atom stereocenters. The average molecular weight is 611 g/mol. The zero-order chi connectivity index (χ0) is 29.0. The zero-order valence-corrected chi connectivity index (χ0v) is 25.1. The fraction of sp³-hybridized carbons (Fsp3) is 0.286. The van der Waals surface area contributed by atoms with Gasteiger partial charge in [0.05, 0.1) is 10.6 Å². The van der Waals surface area contributed by atoms with E-state index in [0.29, 0.717) is 15.1 Å². The number of hydrogen-bond donors (Lipinski definition) is 1. The molecule has 3 rings (SSSR count). The molecule has 0 heterocycles. The number of rotatable bonds is 9. The van der Waals surface area contributed by atoms with E-state index >= 15 is 0 Å². The van der Waals surface area contributed by atoms with E-state index in [4.69, 9.17) is 34.8 Å². The smallest absolute Gasteiger partial charge is 0.264 e. The normalized spacial score (nSPS) is 12.5. The Labute approximate surface area is 244 Å². The summed E-state index contributed by atoms with van der Waals surface area (Å²) >= 11 is 18.2. The van der Waals surface area contributed by atoms with Crippen LogP contribution in [0.5, 0.6) is 0 Å². The van der Waals surface area contributed by atoms with E-state index in [1.54, 1.807) is 49.4 Å². The molecule has 0 radical (unpaired) electrons.